The number of carbonyl (C=O) groups excluding carboxylic acids is 1. The fraction of sp³-hybridized carbons (Fsp3) is 0.462. The number of rotatable bonds is 5. The van der Waals surface area contributed by atoms with Crippen molar-refractivity contribution in [3.05, 3.63) is 23.8 Å². The average molecular weight is 237 g/mol. The van der Waals surface area contributed by atoms with Crippen LogP contribution in [0, 0.1) is 5.92 Å². The van der Waals surface area contributed by atoms with Crippen molar-refractivity contribution in [1.29, 1.82) is 0 Å². The van der Waals surface area contributed by atoms with Gasteiger partial charge >= 0.3 is 5.97 Å². The molecule has 4 heteroatoms. The molecule has 17 heavy (non-hydrogen) atoms. The number of benzene rings is 1. The van der Waals surface area contributed by atoms with Gasteiger partial charge in [-0.25, -0.2) is 4.79 Å². The summed E-state index contributed by atoms with van der Waals surface area (Å²) in [6, 6.07) is 5.04. The minimum atomic E-state index is -0.394. The Morgan fingerprint density at radius 3 is 2.71 bits per heavy atom. The molecule has 0 aromatic heterocycles. The molecule has 0 radical (unpaired) electrons. The molecular formula is C13H19NO3. The van der Waals surface area contributed by atoms with Gasteiger partial charge in [0.2, 0.25) is 0 Å². The second-order valence-corrected chi connectivity index (χ2v) is 4.25. The number of hydrogen-bond acceptors (Lipinski definition) is 4. The first-order valence-corrected chi connectivity index (χ1v) is 5.65. The molecule has 0 aliphatic carbocycles. The molecule has 1 aromatic carbocycles. The Hall–Kier alpha value is -1.71. The van der Waals surface area contributed by atoms with E-state index in [9.17, 15) is 4.79 Å². The highest BCUT2D eigenvalue weighted by Crippen LogP contribution is 2.26. The first-order chi connectivity index (χ1) is 8.06. The van der Waals surface area contributed by atoms with E-state index in [-0.39, 0.29) is 0 Å². The second kappa shape index (κ2) is 6.13. The van der Waals surface area contributed by atoms with E-state index in [2.05, 4.69) is 13.8 Å². The number of hydrogen-bond donors (Lipinski definition) is 1. The lowest BCUT2D eigenvalue weighted by molar-refractivity contribution is 0.0484. The maximum atomic E-state index is 11.8. The SMILES string of the molecule is COc1c(N)cccc1C(=O)OCCC(C)C. The van der Waals surface area contributed by atoms with Gasteiger partial charge in [0.15, 0.2) is 5.75 Å². The molecular weight excluding hydrogens is 218 g/mol. The van der Waals surface area contributed by atoms with E-state index in [0.717, 1.165) is 6.42 Å². The molecule has 0 amide bonds. The smallest absolute Gasteiger partial charge is 0.342 e. The van der Waals surface area contributed by atoms with Crippen LogP contribution in [0.1, 0.15) is 30.6 Å². The van der Waals surface area contributed by atoms with E-state index in [1.165, 1.54) is 7.11 Å². The predicted molar refractivity (Wildman–Crippen MR) is 67.1 cm³/mol. The van der Waals surface area contributed by atoms with Crippen LogP contribution in [0.2, 0.25) is 0 Å². The van der Waals surface area contributed by atoms with Crippen LogP contribution in [0.3, 0.4) is 0 Å². The minimum absolute atomic E-state index is 0.372. The van der Waals surface area contributed by atoms with Crippen molar-refractivity contribution < 1.29 is 14.3 Å². The van der Waals surface area contributed by atoms with E-state index < -0.39 is 5.97 Å². The highest BCUT2D eigenvalue weighted by molar-refractivity contribution is 5.94. The van der Waals surface area contributed by atoms with Gasteiger partial charge in [0.25, 0.3) is 0 Å². The molecule has 2 N–H and O–H groups in total. The Kier molecular flexibility index (Phi) is 4.82. The fourth-order valence-corrected chi connectivity index (χ4v) is 1.41. The summed E-state index contributed by atoms with van der Waals surface area (Å²) in [6.45, 7) is 4.57. The highest BCUT2D eigenvalue weighted by Gasteiger charge is 2.15. The number of ether oxygens (including phenoxy) is 2. The lowest BCUT2D eigenvalue weighted by Crippen LogP contribution is -2.10. The maximum absolute atomic E-state index is 11.8. The molecule has 94 valence electrons. The van der Waals surface area contributed by atoms with Gasteiger partial charge in [-0.2, -0.15) is 0 Å². The largest absolute Gasteiger partial charge is 0.494 e. The number of esters is 1. The lowest BCUT2D eigenvalue weighted by atomic mass is 10.1. The van der Waals surface area contributed by atoms with Crippen molar-refractivity contribution in [2.24, 2.45) is 5.92 Å². The zero-order valence-corrected chi connectivity index (χ0v) is 10.5. The number of para-hydroxylation sites is 1. The molecule has 4 nitrogen and oxygen atoms in total. The molecule has 0 bridgehead atoms. The Labute approximate surface area is 102 Å². The number of anilines is 1. The Morgan fingerprint density at radius 2 is 2.12 bits per heavy atom. The topological polar surface area (TPSA) is 61.5 Å². The van der Waals surface area contributed by atoms with Crippen LogP contribution >= 0.6 is 0 Å². The van der Waals surface area contributed by atoms with Crippen molar-refractivity contribution in [2.75, 3.05) is 19.5 Å². The van der Waals surface area contributed by atoms with Gasteiger partial charge in [-0.05, 0) is 24.5 Å². The molecule has 0 atom stereocenters. The summed E-state index contributed by atoms with van der Waals surface area (Å²) in [6.07, 6.45) is 0.844. The van der Waals surface area contributed by atoms with Crippen LogP contribution in [0.4, 0.5) is 5.69 Å². The standard InChI is InChI=1S/C13H19NO3/c1-9(2)7-8-17-13(15)10-5-4-6-11(14)12(10)16-3/h4-6,9H,7-8,14H2,1-3H3. The van der Waals surface area contributed by atoms with E-state index in [1.807, 2.05) is 0 Å². The number of nitrogens with two attached hydrogens (primary N) is 1. The summed E-state index contributed by atoms with van der Waals surface area (Å²) in [5, 5.41) is 0. The predicted octanol–water partition coefficient (Wildman–Crippen LogP) is 2.48. The zero-order valence-electron chi connectivity index (χ0n) is 10.5. The van der Waals surface area contributed by atoms with Gasteiger partial charge in [0.05, 0.1) is 19.4 Å². The van der Waals surface area contributed by atoms with Crippen LogP contribution in [0.15, 0.2) is 18.2 Å². The van der Waals surface area contributed by atoms with Crippen LogP contribution in [-0.2, 0) is 4.74 Å². The van der Waals surface area contributed by atoms with Gasteiger partial charge in [-0.15, -0.1) is 0 Å². The molecule has 0 aliphatic heterocycles. The van der Waals surface area contributed by atoms with Gasteiger partial charge in [-0.3, -0.25) is 0 Å². The molecule has 1 rings (SSSR count). The lowest BCUT2D eigenvalue weighted by Gasteiger charge is -2.11. The van der Waals surface area contributed by atoms with Crippen molar-refractivity contribution in [3.8, 4) is 5.75 Å². The van der Waals surface area contributed by atoms with Crippen LogP contribution in [0.25, 0.3) is 0 Å². The van der Waals surface area contributed by atoms with E-state index in [4.69, 9.17) is 15.2 Å². The summed E-state index contributed by atoms with van der Waals surface area (Å²) in [7, 11) is 1.48. The summed E-state index contributed by atoms with van der Waals surface area (Å²) >= 11 is 0. The summed E-state index contributed by atoms with van der Waals surface area (Å²) in [5.41, 5.74) is 6.52. The van der Waals surface area contributed by atoms with Crippen molar-refractivity contribution in [1.82, 2.24) is 0 Å². The fourth-order valence-electron chi connectivity index (χ4n) is 1.41. The van der Waals surface area contributed by atoms with Crippen molar-refractivity contribution >= 4 is 11.7 Å². The second-order valence-electron chi connectivity index (χ2n) is 4.25. The van der Waals surface area contributed by atoms with Gasteiger partial charge in [-0.1, -0.05) is 19.9 Å². The van der Waals surface area contributed by atoms with Crippen molar-refractivity contribution in [2.45, 2.75) is 20.3 Å². The third kappa shape index (κ3) is 3.66. The van der Waals surface area contributed by atoms with Crippen LogP contribution in [-0.4, -0.2) is 19.7 Å². The summed E-state index contributed by atoms with van der Waals surface area (Å²) < 4.78 is 10.3. The monoisotopic (exact) mass is 237 g/mol. The number of methoxy groups -OCH3 is 1. The molecule has 0 spiro atoms. The van der Waals surface area contributed by atoms with Crippen LogP contribution in [0.5, 0.6) is 5.75 Å². The summed E-state index contributed by atoms with van der Waals surface area (Å²) in [5.74, 6) is 0.488. The Bertz CT molecular complexity index is 388. The molecule has 0 saturated carbocycles. The normalized spacial score (nSPS) is 10.4. The van der Waals surface area contributed by atoms with E-state index in [0.29, 0.717) is 29.5 Å². The molecule has 0 unspecified atom stereocenters. The van der Waals surface area contributed by atoms with Crippen molar-refractivity contribution in [3.63, 3.8) is 0 Å². The Morgan fingerprint density at radius 1 is 1.41 bits per heavy atom. The van der Waals surface area contributed by atoms with E-state index >= 15 is 0 Å². The maximum Gasteiger partial charge on any atom is 0.342 e. The third-order valence-electron chi connectivity index (χ3n) is 2.40. The minimum Gasteiger partial charge on any atom is -0.494 e. The molecule has 0 saturated heterocycles. The molecule has 0 aliphatic rings. The first kappa shape index (κ1) is 13.4. The van der Waals surface area contributed by atoms with E-state index in [1.54, 1.807) is 18.2 Å². The number of nitrogen functional groups attached to an aromatic ring is 1. The van der Waals surface area contributed by atoms with Gasteiger partial charge < -0.3 is 15.2 Å². The molecule has 1 aromatic rings. The first-order valence-electron chi connectivity index (χ1n) is 5.65. The summed E-state index contributed by atoms with van der Waals surface area (Å²) in [4.78, 5) is 11.8. The van der Waals surface area contributed by atoms with Gasteiger partial charge in [0, 0.05) is 0 Å². The van der Waals surface area contributed by atoms with Gasteiger partial charge in [0.1, 0.15) is 5.56 Å². The van der Waals surface area contributed by atoms with Crippen LogP contribution < -0.4 is 10.5 Å². The zero-order chi connectivity index (χ0) is 12.8. The third-order valence-corrected chi connectivity index (χ3v) is 2.40. The Balaban J connectivity index is 2.72. The molecule has 0 heterocycles. The molecule has 0 fully saturated rings. The quantitative estimate of drug-likeness (QED) is 0.631. The number of carbonyl (C=O) groups is 1. The average Bonchev–Trinajstić information content (AvgIpc) is 2.28. The highest BCUT2D eigenvalue weighted by atomic mass is 16.5.